The van der Waals surface area contributed by atoms with Gasteiger partial charge in [-0.05, 0) is 45.7 Å². The van der Waals surface area contributed by atoms with Gasteiger partial charge in [0.1, 0.15) is 5.60 Å². The molecule has 0 heterocycles. The van der Waals surface area contributed by atoms with Gasteiger partial charge in [0.05, 0.1) is 11.8 Å². The molecule has 0 bridgehead atoms. The lowest BCUT2D eigenvalue weighted by molar-refractivity contribution is -0.147. The zero-order valence-electron chi connectivity index (χ0n) is 16.2. The number of carboxylic acids is 1. The van der Waals surface area contributed by atoms with Crippen LogP contribution in [0.5, 0.6) is 0 Å². The molecule has 1 aromatic carbocycles. The van der Waals surface area contributed by atoms with Crippen molar-refractivity contribution in [3.05, 3.63) is 35.4 Å². The SMILES string of the molecule is CC(C)(C)OC(=O)N(Cc1cccc(CC(F)(F)F)c1)CC(C)(C)C(=O)O. The molecule has 0 fully saturated rings. The van der Waals surface area contributed by atoms with Crippen LogP contribution in [0.1, 0.15) is 45.7 Å². The molecule has 0 saturated carbocycles. The summed E-state index contributed by atoms with van der Waals surface area (Å²) >= 11 is 0. The first kappa shape index (κ1) is 22.8. The van der Waals surface area contributed by atoms with Crippen molar-refractivity contribution < 1.29 is 32.6 Å². The number of carboxylic acid groups (broad SMARTS) is 1. The van der Waals surface area contributed by atoms with Crippen molar-refractivity contribution >= 4 is 12.1 Å². The normalized spacial score (nSPS) is 12.6. The summed E-state index contributed by atoms with van der Waals surface area (Å²) in [6, 6.07) is 5.78. The van der Waals surface area contributed by atoms with Gasteiger partial charge in [0, 0.05) is 13.1 Å². The second-order valence-corrected chi connectivity index (χ2v) is 8.14. The molecule has 1 aromatic rings. The van der Waals surface area contributed by atoms with E-state index in [1.807, 2.05) is 0 Å². The van der Waals surface area contributed by atoms with E-state index in [4.69, 9.17) is 4.74 Å². The minimum Gasteiger partial charge on any atom is -0.481 e. The molecule has 1 rings (SSSR count). The van der Waals surface area contributed by atoms with E-state index in [1.165, 1.54) is 36.9 Å². The summed E-state index contributed by atoms with van der Waals surface area (Å²) in [4.78, 5) is 25.1. The number of rotatable bonds is 6. The van der Waals surface area contributed by atoms with Crippen molar-refractivity contribution in [2.45, 2.75) is 59.4 Å². The molecule has 1 amide bonds. The number of hydrogen-bond acceptors (Lipinski definition) is 3. The van der Waals surface area contributed by atoms with Crippen LogP contribution in [0, 0.1) is 5.41 Å². The smallest absolute Gasteiger partial charge is 0.410 e. The first-order valence-corrected chi connectivity index (χ1v) is 8.45. The van der Waals surface area contributed by atoms with Gasteiger partial charge in [-0.25, -0.2) is 4.79 Å². The number of aliphatic carboxylic acids is 1. The van der Waals surface area contributed by atoms with Gasteiger partial charge in [-0.3, -0.25) is 4.79 Å². The molecule has 152 valence electrons. The molecule has 5 nitrogen and oxygen atoms in total. The average molecular weight is 389 g/mol. The monoisotopic (exact) mass is 389 g/mol. The number of nitrogens with zero attached hydrogens (tertiary/aromatic N) is 1. The molecule has 1 N–H and O–H groups in total. The van der Waals surface area contributed by atoms with Crippen molar-refractivity contribution in [3.8, 4) is 0 Å². The minimum absolute atomic E-state index is 0.0582. The van der Waals surface area contributed by atoms with Gasteiger partial charge in [-0.1, -0.05) is 24.3 Å². The van der Waals surface area contributed by atoms with E-state index in [-0.39, 0.29) is 18.7 Å². The maximum Gasteiger partial charge on any atom is 0.410 e. The molecule has 8 heteroatoms. The first-order valence-electron chi connectivity index (χ1n) is 8.45. The van der Waals surface area contributed by atoms with E-state index in [9.17, 15) is 27.9 Å². The quantitative estimate of drug-likeness (QED) is 0.770. The fourth-order valence-electron chi connectivity index (χ4n) is 2.35. The zero-order valence-corrected chi connectivity index (χ0v) is 16.2. The number of carbonyl (C=O) groups is 2. The first-order chi connectivity index (χ1) is 12.1. The summed E-state index contributed by atoms with van der Waals surface area (Å²) < 4.78 is 43.2. The van der Waals surface area contributed by atoms with Crippen LogP contribution in [0.25, 0.3) is 0 Å². The fourth-order valence-corrected chi connectivity index (χ4v) is 2.35. The third-order valence-electron chi connectivity index (χ3n) is 3.59. The fraction of sp³-hybridized carbons (Fsp3) is 0.579. The third kappa shape index (κ3) is 8.32. The van der Waals surface area contributed by atoms with Crippen molar-refractivity contribution in [1.29, 1.82) is 0 Å². The Hall–Kier alpha value is -2.25. The Labute approximate surface area is 157 Å². The second kappa shape index (κ2) is 8.19. The largest absolute Gasteiger partial charge is 0.481 e. The van der Waals surface area contributed by atoms with Crippen LogP contribution in [-0.4, -0.2) is 40.4 Å². The van der Waals surface area contributed by atoms with Crippen molar-refractivity contribution in [2.24, 2.45) is 5.41 Å². The lowest BCUT2D eigenvalue weighted by Gasteiger charge is -2.32. The maximum absolute atomic E-state index is 12.6. The van der Waals surface area contributed by atoms with Crippen LogP contribution in [0.2, 0.25) is 0 Å². The van der Waals surface area contributed by atoms with Gasteiger partial charge in [-0.15, -0.1) is 0 Å². The number of alkyl halides is 3. The Morgan fingerprint density at radius 2 is 1.63 bits per heavy atom. The molecule has 0 aliphatic heterocycles. The summed E-state index contributed by atoms with van der Waals surface area (Å²) in [5.74, 6) is -1.10. The topological polar surface area (TPSA) is 66.8 Å². The number of halogens is 3. The molecular formula is C19H26F3NO4. The van der Waals surface area contributed by atoms with Crippen LogP contribution in [0.4, 0.5) is 18.0 Å². The molecular weight excluding hydrogens is 363 g/mol. The Balaban J connectivity index is 3.08. The van der Waals surface area contributed by atoms with Gasteiger partial charge in [0.25, 0.3) is 0 Å². The molecule has 0 aliphatic carbocycles. The highest BCUT2D eigenvalue weighted by molar-refractivity contribution is 5.75. The van der Waals surface area contributed by atoms with Crippen molar-refractivity contribution in [1.82, 2.24) is 4.90 Å². The molecule has 27 heavy (non-hydrogen) atoms. The highest BCUT2D eigenvalue weighted by Gasteiger charge is 2.34. The molecule has 0 unspecified atom stereocenters. The summed E-state index contributed by atoms with van der Waals surface area (Å²) in [5, 5.41) is 9.34. The Bertz CT molecular complexity index is 678. The maximum atomic E-state index is 12.6. The molecule has 0 aromatic heterocycles. The Morgan fingerprint density at radius 3 is 2.11 bits per heavy atom. The lowest BCUT2D eigenvalue weighted by atomic mass is 9.93. The van der Waals surface area contributed by atoms with Gasteiger partial charge in [0.15, 0.2) is 0 Å². The van der Waals surface area contributed by atoms with Crippen LogP contribution in [0.3, 0.4) is 0 Å². The molecule has 0 aliphatic rings. The van der Waals surface area contributed by atoms with Crippen molar-refractivity contribution in [2.75, 3.05) is 6.54 Å². The summed E-state index contributed by atoms with van der Waals surface area (Å²) in [5.41, 5.74) is -1.51. The van der Waals surface area contributed by atoms with E-state index >= 15 is 0 Å². The molecule has 0 radical (unpaired) electrons. The van der Waals surface area contributed by atoms with Gasteiger partial charge in [0.2, 0.25) is 0 Å². The third-order valence-corrected chi connectivity index (χ3v) is 3.59. The van der Waals surface area contributed by atoms with Gasteiger partial charge < -0.3 is 14.7 Å². The zero-order chi connectivity index (χ0) is 21.0. The Kier molecular flexibility index (Phi) is 6.91. The summed E-state index contributed by atoms with van der Waals surface area (Å²) in [7, 11) is 0. The highest BCUT2D eigenvalue weighted by Crippen LogP contribution is 2.24. The molecule has 0 saturated heterocycles. The van der Waals surface area contributed by atoms with E-state index in [0.717, 1.165) is 0 Å². The summed E-state index contributed by atoms with van der Waals surface area (Å²) in [6.07, 6.45) is -6.14. The average Bonchev–Trinajstić information content (AvgIpc) is 2.42. The van der Waals surface area contributed by atoms with Crippen LogP contribution < -0.4 is 0 Å². The van der Waals surface area contributed by atoms with Crippen molar-refractivity contribution in [3.63, 3.8) is 0 Å². The van der Waals surface area contributed by atoms with Crippen LogP contribution in [-0.2, 0) is 22.5 Å². The van der Waals surface area contributed by atoms with Gasteiger partial charge in [-0.2, -0.15) is 13.2 Å². The molecule has 0 spiro atoms. The Morgan fingerprint density at radius 1 is 1.07 bits per heavy atom. The number of hydrogen-bond donors (Lipinski definition) is 1. The highest BCUT2D eigenvalue weighted by atomic mass is 19.4. The molecule has 0 atom stereocenters. The van der Waals surface area contributed by atoms with E-state index in [0.29, 0.717) is 5.56 Å². The number of ether oxygens (including phenoxy) is 1. The lowest BCUT2D eigenvalue weighted by Crippen LogP contribution is -2.44. The predicted molar refractivity (Wildman–Crippen MR) is 94.3 cm³/mol. The number of benzene rings is 1. The van der Waals surface area contributed by atoms with E-state index in [1.54, 1.807) is 26.8 Å². The number of carbonyl (C=O) groups excluding carboxylic acids is 1. The summed E-state index contributed by atoms with van der Waals surface area (Å²) in [6.45, 7) is 7.75. The van der Waals surface area contributed by atoms with Gasteiger partial charge >= 0.3 is 18.2 Å². The minimum atomic E-state index is -4.34. The second-order valence-electron chi connectivity index (χ2n) is 8.14. The van der Waals surface area contributed by atoms with Crippen LogP contribution >= 0.6 is 0 Å². The standard InChI is InChI=1S/C19H26F3NO4/c1-17(2,3)27-16(26)23(12-18(4,5)15(24)25)11-14-8-6-7-13(9-14)10-19(20,21)22/h6-9H,10-12H2,1-5H3,(H,24,25). The predicted octanol–water partition coefficient (Wildman–Crippen LogP) is 4.64. The number of amides is 1. The van der Waals surface area contributed by atoms with Crippen LogP contribution in [0.15, 0.2) is 24.3 Å². The van der Waals surface area contributed by atoms with E-state index in [2.05, 4.69) is 0 Å². The van der Waals surface area contributed by atoms with E-state index < -0.39 is 35.7 Å².